The average Bonchev–Trinajstić information content (AvgIpc) is 2.80. The molecule has 0 atom stereocenters. The van der Waals surface area contributed by atoms with Crippen molar-refractivity contribution < 1.29 is 9.59 Å². The van der Waals surface area contributed by atoms with Crippen LogP contribution in [0.25, 0.3) is 0 Å². The van der Waals surface area contributed by atoms with E-state index in [2.05, 4.69) is 5.32 Å². The highest BCUT2D eigenvalue weighted by Crippen LogP contribution is 2.38. The quantitative estimate of drug-likeness (QED) is 0.799. The number of carbonyl (C=O) groups excluding carboxylic acids is 2. The molecule has 0 unspecified atom stereocenters. The number of hydrogen-bond donors (Lipinski definition) is 1. The highest BCUT2D eigenvalue weighted by atomic mass is 16.2. The Hall–Kier alpha value is -1.30. The van der Waals surface area contributed by atoms with Crippen LogP contribution in [0.1, 0.15) is 25.7 Å². The van der Waals surface area contributed by atoms with E-state index in [0.29, 0.717) is 12.0 Å². The molecule has 0 saturated carbocycles. The number of nitrogens with zero attached hydrogens (tertiary/aromatic N) is 3. The maximum absolute atomic E-state index is 12.5. The van der Waals surface area contributed by atoms with Crippen molar-refractivity contribution >= 4 is 11.9 Å². The minimum atomic E-state index is -0.0167. The van der Waals surface area contributed by atoms with Gasteiger partial charge in [0.1, 0.15) is 6.54 Å². The molecular weight excluding hydrogens is 268 g/mol. The molecule has 21 heavy (non-hydrogen) atoms. The summed E-state index contributed by atoms with van der Waals surface area (Å²) in [6.07, 6.45) is 4.67. The summed E-state index contributed by atoms with van der Waals surface area (Å²) in [6.45, 7) is 5.51. The molecule has 0 aliphatic carbocycles. The standard InChI is InChI=1S/C15H26N4O2/c1-17-9-10-18(14(17)21)11-13(20)19-8-2-3-15(12-19)4-6-16-7-5-15/h16H,2-12H2,1H3. The van der Waals surface area contributed by atoms with Gasteiger partial charge in [0.15, 0.2) is 0 Å². The van der Waals surface area contributed by atoms with Gasteiger partial charge in [0.05, 0.1) is 0 Å². The third kappa shape index (κ3) is 3.00. The highest BCUT2D eigenvalue weighted by molar-refractivity contribution is 5.85. The lowest BCUT2D eigenvalue weighted by atomic mass is 9.73. The zero-order chi connectivity index (χ0) is 14.9. The molecule has 0 aromatic rings. The second kappa shape index (κ2) is 5.83. The van der Waals surface area contributed by atoms with E-state index in [1.807, 2.05) is 4.90 Å². The van der Waals surface area contributed by atoms with Crippen molar-refractivity contribution in [3.05, 3.63) is 0 Å². The summed E-state index contributed by atoms with van der Waals surface area (Å²) in [5, 5.41) is 3.41. The fourth-order valence-corrected chi connectivity index (χ4v) is 3.90. The summed E-state index contributed by atoms with van der Waals surface area (Å²) in [4.78, 5) is 29.8. The third-order valence-electron chi connectivity index (χ3n) is 5.31. The lowest BCUT2D eigenvalue weighted by Gasteiger charge is -2.45. The molecule has 3 rings (SSSR count). The van der Waals surface area contributed by atoms with Crippen molar-refractivity contribution in [1.29, 1.82) is 0 Å². The van der Waals surface area contributed by atoms with Gasteiger partial charge in [-0.2, -0.15) is 0 Å². The first kappa shape index (κ1) is 14.6. The lowest BCUT2D eigenvalue weighted by Crippen LogP contribution is -2.52. The number of likely N-dealkylation sites (N-methyl/N-ethyl adjacent to an activating group) is 1. The summed E-state index contributed by atoms with van der Waals surface area (Å²) in [7, 11) is 1.79. The van der Waals surface area contributed by atoms with Gasteiger partial charge in [0.2, 0.25) is 5.91 Å². The van der Waals surface area contributed by atoms with Crippen LogP contribution in [-0.2, 0) is 4.79 Å². The minimum Gasteiger partial charge on any atom is -0.341 e. The molecule has 6 heteroatoms. The number of likely N-dealkylation sites (tertiary alicyclic amines) is 1. The predicted octanol–water partition coefficient (Wildman–Crippen LogP) is 0.346. The average molecular weight is 294 g/mol. The van der Waals surface area contributed by atoms with E-state index in [1.165, 1.54) is 19.3 Å². The summed E-state index contributed by atoms with van der Waals surface area (Å²) in [5.74, 6) is 0.122. The molecule has 118 valence electrons. The second-order valence-electron chi connectivity index (χ2n) is 6.79. The maximum atomic E-state index is 12.5. The van der Waals surface area contributed by atoms with Crippen LogP contribution >= 0.6 is 0 Å². The van der Waals surface area contributed by atoms with Crippen LogP contribution in [0, 0.1) is 5.41 Å². The van der Waals surface area contributed by atoms with Crippen LogP contribution in [0.15, 0.2) is 0 Å². The molecule has 3 aliphatic rings. The molecule has 3 amide bonds. The van der Waals surface area contributed by atoms with Gasteiger partial charge in [0.25, 0.3) is 0 Å². The number of urea groups is 1. The normalized spacial score (nSPS) is 25.8. The van der Waals surface area contributed by atoms with Gasteiger partial charge in [-0.1, -0.05) is 0 Å². The Kier molecular flexibility index (Phi) is 4.06. The van der Waals surface area contributed by atoms with E-state index < -0.39 is 0 Å². The Morgan fingerprint density at radius 1 is 1.19 bits per heavy atom. The summed E-state index contributed by atoms with van der Waals surface area (Å²) >= 11 is 0. The molecule has 3 saturated heterocycles. The number of rotatable bonds is 2. The molecule has 0 aromatic heterocycles. The number of hydrogen-bond acceptors (Lipinski definition) is 3. The summed E-state index contributed by atoms with van der Waals surface area (Å²) < 4.78 is 0. The molecule has 6 nitrogen and oxygen atoms in total. The lowest BCUT2D eigenvalue weighted by molar-refractivity contribution is -0.135. The molecular formula is C15H26N4O2. The molecule has 3 heterocycles. The van der Waals surface area contributed by atoms with Crippen molar-refractivity contribution in [2.75, 3.05) is 52.9 Å². The highest BCUT2D eigenvalue weighted by Gasteiger charge is 2.38. The smallest absolute Gasteiger partial charge is 0.320 e. The maximum Gasteiger partial charge on any atom is 0.320 e. The first-order chi connectivity index (χ1) is 10.1. The van der Waals surface area contributed by atoms with Crippen molar-refractivity contribution in [3.8, 4) is 0 Å². The van der Waals surface area contributed by atoms with Crippen LogP contribution < -0.4 is 5.32 Å². The van der Waals surface area contributed by atoms with Crippen molar-refractivity contribution in [2.45, 2.75) is 25.7 Å². The van der Waals surface area contributed by atoms with E-state index in [-0.39, 0.29) is 18.5 Å². The molecule has 0 aromatic carbocycles. The van der Waals surface area contributed by atoms with Gasteiger partial charge in [-0.3, -0.25) is 4.79 Å². The molecule has 1 N–H and O–H groups in total. The van der Waals surface area contributed by atoms with E-state index in [1.54, 1.807) is 16.8 Å². The zero-order valence-corrected chi connectivity index (χ0v) is 12.9. The Labute approximate surface area is 126 Å². The fourth-order valence-electron chi connectivity index (χ4n) is 3.90. The zero-order valence-electron chi connectivity index (χ0n) is 12.9. The summed E-state index contributed by atoms with van der Waals surface area (Å²) in [5.41, 5.74) is 0.324. The first-order valence-corrected chi connectivity index (χ1v) is 8.08. The number of piperidine rings is 2. The Morgan fingerprint density at radius 3 is 2.62 bits per heavy atom. The minimum absolute atomic E-state index is 0.0167. The van der Waals surface area contributed by atoms with Crippen molar-refractivity contribution in [1.82, 2.24) is 20.0 Å². The Bertz CT molecular complexity index is 414. The fraction of sp³-hybridized carbons (Fsp3) is 0.867. The number of carbonyl (C=O) groups is 2. The SMILES string of the molecule is CN1CCN(CC(=O)N2CCCC3(CCNCC3)C2)C1=O. The first-order valence-electron chi connectivity index (χ1n) is 8.08. The van der Waals surface area contributed by atoms with Crippen LogP contribution in [0.2, 0.25) is 0 Å². The number of amides is 3. The molecule has 3 fully saturated rings. The van der Waals surface area contributed by atoms with Crippen LogP contribution in [-0.4, -0.2) is 79.5 Å². The Balaban J connectivity index is 1.58. The Morgan fingerprint density at radius 2 is 1.95 bits per heavy atom. The van der Waals surface area contributed by atoms with Gasteiger partial charge >= 0.3 is 6.03 Å². The molecule has 3 aliphatic heterocycles. The van der Waals surface area contributed by atoms with Crippen LogP contribution in [0.3, 0.4) is 0 Å². The van der Waals surface area contributed by atoms with Crippen LogP contribution in [0.5, 0.6) is 0 Å². The topological polar surface area (TPSA) is 55.9 Å². The van der Waals surface area contributed by atoms with Crippen molar-refractivity contribution in [3.63, 3.8) is 0 Å². The van der Waals surface area contributed by atoms with Gasteiger partial charge in [-0.15, -0.1) is 0 Å². The molecule has 0 radical (unpaired) electrons. The van der Waals surface area contributed by atoms with Gasteiger partial charge < -0.3 is 20.0 Å². The van der Waals surface area contributed by atoms with Gasteiger partial charge in [-0.05, 0) is 44.2 Å². The van der Waals surface area contributed by atoms with Crippen molar-refractivity contribution in [2.24, 2.45) is 5.41 Å². The van der Waals surface area contributed by atoms with Gasteiger partial charge in [0, 0.05) is 33.2 Å². The van der Waals surface area contributed by atoms with Crippen LogP contribution in [0.4, 0.5) is 4.79 Å². The third-order valence-corrected chi connectivity index (χ3v) is 5.31. The molecule has 1 spiro atoms. The predicted molar refractivity (Wildman–Crippen MR) is 79.9 cm³/mol. The number of nitrogens with one attached hydrogen (secondary N) is 1. The monoisotopic (exact) mass is 294 g/mol. The largest absolute Gasteiger partial charge is 0.341 e. The summed E-state index contributed by atoms with van der Waals surface area (Å²) in [6, 6.07) is -0.0167. The second-order valence-corrected chi connectivity index (χ2v) is 6.79. The van der Waals surface area contributed by atoms with E-state index in [4.69, 9.17) is 0 Å². The van der Waals surface area contributed by atoms with E-state index in [0.717, 1.165) is 39.1 Å². The van der Waals surface area contributed by atoms with E-state index >= 15 is 0 Å². The van der Waals surface area contributed by atoms with E-state index in [9.17, 15) is 9.59 Å². The van der Waals surface area contributed by atoms with Gasteiger partial charge in [-0.25, -0.2) is 4.79 Å². The molecule has 0 bridgehead atoms.